The molecule has 0 aliphatic rings. The van der Waals surface area contributed by atoms with Crippen LogP contribution in [-0.4, -0.2) is 15.9 Å². The Balaban J connectivity index is 1.51. The molecule has 2 heterocycles. The number of aryl methyl sites for hydroxylation is 2. The Morgan fingerprint density at radius 2 is 2.00 bits per heavy atom. The van der Waals surface area contributed by atoms with E-state index in [2.05, 4.69) is 34.3 Å². The van der Waals surface area contributed by atoms with Crippen LogP contribution in [0, 0.1) is 13.8 Å². The number of hydrogen-bond donors (Lipinski definition) is 1. The maximum atomic E-state index is 12.5. The Kier molecular flexibility index (Phi) is 4.53. The molecule has 0 bridgehead atoms. The first kappa shape index (κ1) is 16.9. The lowest BCUT2D eigenvalue weighted by molar-refractivity contribution is 0.0951. The van der Waals surface area contributed by atoms with Crippen LogP contribution in [-0.2, 0) is 6.54 Å². The average molecular weight is 380 g/mol. The van der Waals surface area contributed by atoms with E-state index in [9.17, 15) is 4.79 Å². The van der Waals surface area contributed by atoms with Crippen LogP contribution in [0.2, 0.25) is 0 Å². The minimum atomic E-state index is -0.0782. The summed E-state index contributed by atoms with van der Waals surface area (Å²) in [5, 5.41) is 4.00. The number of amides is 1. The number of hydrogen-bond acceptors (Lipinski definition) is 5. The maximum Gasteiger partial charge on any atom is 0.251 e. The summed E-state index contributed by atoms with van der Waals surface area (Å²) in [6, 6.07) is 13.8. The normalized spacial score (nSPS) is 11.0. The van der Waals surface area contributed by atoms with Gasteiger partial charge in [-0.25, -0.2) is 9.97 Å². The molecule has 0 atom stereocenters. The standard InChI is InChI=1S/C20H17N3OS2/c1-12-5-3-4-6-15(12)20-23-13(2)18(26-20)10-21-19(24)14-7-8-16-17(9-14)25-11-22-16/h3-9,11H,10H2,1-2H3,(H,21,24). The molecule has 0 saturated carbocycles. The van der Waals surface area contributed by atoms with Gasteiger partial charge in [0.1, 0.15) is 5.01 Å². The second kappa shape index (κ2) is 6.97. The first-order valence-electron chi connectivity index (χ1n) is 8.25. The van der Waals surface area contributed by atoms with E-state index < -0.39 is 0 Å². The van der Waals surface area contributed by atoms with E-state index in [-0.39, 0.29) is 5.91 Å². The minimum Gasteiger partial charge on any atom is -0.347 e. The number of rotatable bonds is 4. The average Bonchev–Trinajstić information content (AvgIpc) is 3.25. The van der Waals surface area contributed by atoms with Gasteiger partial charge >= 0.3 is 0 Å². The largest absolute Gasteiger partial charge is 0.347 e. The van der Waals surface area contributed by atoms with E-state index in [0.717, 1.165) is 31.4 Å². The highest BCUT2D eigenvalue weighted by Gasteiger charge is 2.13. The van der Waals surface area contributed by atoms with Crippen molar-refractivity contribution >= 4 is 38.8 Å². The van der Waals surface area contributed by atoms with Crippen LogP contribution in [0.3, 0.4) is 0 Å². The highest BCUT2D eigenvalue weighted by atomic mass is 32.1. The van der Waals surface area contributed by atoms with E-state index in [1.165, 1.54) is 16.9 Å². The van der Waals surface area contributed by atoms with Crippen LogP contribution in [0.5, 0.6) is 0 Å². The van der Waals surface area contributed by atoms with Crippen molar-refractivity contribution in [1.29, 1.82) is 0 Å². The molecule has 1 N–H and O–H groups in total. The molecule has 4 nitrogen and oxygen atoms in total. The highest BCUT2D eigenvalue weighted by Crippen LogP contribution is 2.30. The topological polar surface area (TPSA) is 54.9 Å². The molecule has 4 rings (SSSR count). The van der Waals surface area contributed by atoms with Crippen molar-refractivity contribution in [2.24, 2.45) is 0 Å². The smallest absolute Gasteiger partial charge is 0.251 e. The molecule has 0 aliphatic carbocycles. The lowest BCUT2D eigenvalue weighted by Crippen LogP contribution is -2.22. The third-order valence-electron chi connectivity index (χ3n) is 4.27. The van der Waals surface area contributed by atoms with Crippen LogP contribution < -0.4 is 5.32 Å². The van der Waals surface area contributed by atoms with E-state index in [4.69, 9.17) is 0 Å². The third-order valence-corrected chi connectivity index (χ3v) is 6.25. The van der Waals surface area contributed by atoms with Gasteiger partial charge < -0.3 is 5.32 Å². The minimum absolute atomic E-state index is 0.0782. The predicted molar refractivity (Wildman–Crippen MR) is 108 cm³/mol. The van der Waals surface area contributed by atoms with Gasteiger partial charge in [-0.2, -0.15) is 0 Å². The van der Waals surface area contributed by atoms with Gasteiger partial charge in [0, 0.05) is 16.0 Å². The Morgan fingerprint density at radius 3 is 2.85 bits per heavy atom. The number of thiazole rings is 2. The summed E-state index contributed by atoms with van der Waals surface area (Å²) in [6.07, 6.45) is 0. The molecule has 0 aliphatic heterocycles. The molecule has 4 aromatic rings. The highest BCUT2D eigenvalue weighted by molar-refractivity contribution is 7.16. The van der Waals surface area contributed by atoms with Gasteiger partial charge in [0.05, 0.1) is 28.0 Å². The summed E-state index contributed by atoms with van der Waals surface area (Å²) in [5.74, 6) is -0.0782. The molecule has 6 heteroatoms. The Labute approximate surface area is 159 Å². The van der Waals surface area contributed by atoms with Crippen LogP contribution in [0.25, 0.3) is 20.8 Å². The monoisotopic (exact) mass is 379 g/mol. The number of aromatic nitrogens is 2. The summed E-state index contributed by atoms with van der Waals surface area (Å²) in [4.78, 5) is 22.5. The number of carbonyl (C=O) groups is 1. The van der Waals surface area contributed by atoms with Crippen molar-refractivity contribution in [2.45, 2.75) is 20.4 Å². The predicted octanol–water partition coefficient (Wildman–Crippen LogP) is 4.97. The maximum absolute atomic E-state index is 12.5. The van der Waals surface area contributed by atoms with E-state index in [1.54, 1.807) is 16.8 Å². The van der Waals surface area contributed by atoms with Gasteiger partial charge in [-0.15, -0.1) is 22.7 Å². The molecule has 0 unspecified atom stereocenters. The van der Waals surface area contributed by atoms with E-state index in [0.29, 0.717) is 12.1 Å². The number of carbonyl (C=O) groups excluding carboxylic acids is 1. The van der Waals surface area contributed by atoms with E-state index in [1.807, 2.05) is 37.3 Å². The van der Waals surface area contributed by atoms with E-state index >= 15 is 0 Å². The van der Waals surface area contributed by atoms with Gasteiger partial charge in [0.25, 0.3) is 5.91 Å². The summed E-state index contributed by atoms with van der Waals surface area (Å²) in [7, 11) is 0. The summed E-state index contributed by atoms with van der Waals surface area (Å²) < 4.78 is 1.02. The lowest BCUT2D eigenvalue weighted by atomic mass is 10.1. The second-order valence-corrected chi connectivity index (χ2v) is 8.03. The summed E-state index contributed by atoms with van der Waals surface area (Å²) in [6.45, 7) is 4.56. The van der Waals surface area contributed by atoms with Crippen LogP contribution in [0.4, 0.5) is 0 Å². The fraction of sp³-hybridized carbons (Fsp3) is 0.150. The van der Waals surface area contributed by atoms with Gasteiger partial charge in [-0.3, -0.25) is 4.79 Å². The van der Waals surface area contributed by atoms with Gasteiger partial charge in [0.2, 0.25) is 0 Å². The van der Waals surface area contributed by atoms with Gasteiger partial charge in [-0.1, -0.05) is 24.3 Å². The van der Waals surface area contributed by atoms with Crippen LogP contribution in [0.15, 0.2) is 48.0 Å². The third kappa shape index (κ3) is 3.25. The van der Waals surface area contributed by atoms with Crippen molar-refractivity contribution in [3.05, 3.63) is 69.7 Å². The first-order valence-corrected chi connectivity index (χ1v) is 9.95. The molecule has 0 spiro atoms. The van der Waals surface area contributed by atoms with Crippen molar-refractivity contribution in [3.8, 4) is 10.6 Å². The Hall–Kier alpha value is -2.57. The zero-order chi connectivity index (χ0) is 18.1. The molecule has 2 aromatic heterocycles. The van der Waals surface area contributed by atoms with Crippen molar-refractivity contribution < 1.29 is 4.79 Å². The SMILES string of the molecule is Cc1ccccc1-c1nc(C)c(CNC(=O)c2ccc3ncsc3c2)s1. The Morgan fingerprint density at radius 1 is 1.15 bits per heavy atom. The van der Waals surface area contributed by atoms with Crippen molar-refractivity contribution in [1.82, 2.24) is 15.3 Å². The zero-order valence-corrected chi connectivity index (χ0v) is 16.1. The van der Waals surface area contributed by atoms with Crippen molar-refractivity contribution in [2.75, 3.05) is 0 Å². The molecule has 2 aromatic carbocycles. The fourth-order valence-electron chi connectivity index (χ4n) is 2.78. The number of fused-ring (bicyclic) bond motifs is 1. The summed E-state index contributed by atoms with van der Waals surface area (Å²) in [5.41, 5.74) is 6.69. The molecule has 130 valence electrons. The molecular formula is C20H17N3OS2. The molecule has 0 radical (unpaired) electrons. The molecule has 26 heavy (non-hydrogen) atoms. The fourth-order valence-corrected chi connectivity index (χ4v) is 4.59. The lowest BCUT2D eigenvalue weighted by Gasteiger charge is -2.04. The second-order valence-electron chi connectivity index (χ2n) is 6.06. The number of nitrogens with one attached hydrogen (secondary N) is 1. The number of nitrogens with zero attached hydrogens (tertiary/aromatic N) is 2. The zero-order valence-electron chi connectivity index (χ0n) is 14.4. The summed E-state index contributed by atoms with van der Waals surface area (Å²) >= 11 is 3.17. The molecule has 0 saturated heterocycles. The molecule has 0 fully saturated rings. The van der Waals surface area contributed by atoms with Gasteiger partial charge in [0.15, 0.2) is 0 Å². The van der Waals surface area contributed by atoms with Crippen LogP contribution in [0.1, 0.15) is 26.5 Å². The van der Waals surface area contributed by atoms with Crippen LogP contribution >= 0.6 is 22.7 Å². The van der Waals surface area contributed by atoms with Gasteiger partial charge in [-0.05, 0) is 37.6 Å². The molecular weight excluding hydrogens is 362 g/mol. The number of benzene rings is 2. The molecule has 1 amide bonds. The quantitative estimate of drug-likeness (QED) is 0.545. The van der Waals surface area contributed by atoms with Crippen molar-refractivity contribution in [3.63, 3.8) is 0 Å². The first-order chi connectivity index (χ1) is 12.6. The Bertz CT molecular complexity index is 1100.